The Morgan fingerprint density at radius 1 is 0.919 bits per heavy atom. The van der Waals surface area contributed by atoms with E-state index in [4.69, 9.17) is 5.21 Å². The van der Waals surface area contributed by atoms with Gasteiger partial charge in [-0.2, -0.15) is 0 Å². The molecule has 0 aliphatic carbocycles. The Morgan fingerprint density at radius 3 is 2.00 bits per heavy atom. The third-order valence-electron chi connectivity index (χ3n) is 5.29. The number of anilines is 2. The van der Waals surface area contributed by atoms with Gasteiger partial charge in [-0.05, 0) is 80.1 Å². The van der Waals surface area contributed by atoms with Crippen LogP contribution in [0.1, 0.15) is 30.5 Å². The highest BCUT2D eigenvalue weighted by Gasteiger charge is 2.22. The van der Waals surface area contributed by atoms with E-state index in [0.29, 0.717) is 17.1 Å². The molecule has 0 saturated carbocycles. The van der Waals surface area contributed by atoms with Crippen molar-refractivity contribution in [3.8, 4) is 11.8 Å². The van der Waals surface area contributed by atoms with E-state index in [-0.39, 0.29) is 18.3 Å². The van der Waals surface area contributed by atoms with Crippen molar-refractivity contribution in [2.45, 2.75) is 26.0 Å². The third kappa shape index (κ3) is 8.28. The Hall–Kier alpha value is -4.52. The second-order valence-electron chi connectivity index (χ2n) is 8.19. The Morgan fingerprint density at radius 2 is 1.46 bits per heavy atom. The summed E-state index contributed by atoms with van der Waals surface area (Å²) in [4.78, 5) is 28.0. The molecule has 9 heteroatoms. The summed E-state index contributed by atoms with van der Waals surface area (Å²) in [5.41, 5.74) is 5.59. The number of nitrogens with one attached hydrogen (secondary N) is 3. The molecular weight excluding hydrogens is 475 g/mol. The largest absolute Gasteiger partial charge is 0.391 e. The summed E-state index contributed by atoms with van der Waals surface area (Å²) in [7, 11) is 0. The predicted octanol–water partition coefficient (Wildman–Crippen LogP) is 3.34. The van der Waals surface area contributed by atoms with Gasteiger partial charge in [-0.15, -0.1) is 0 Å². The van der Waals surface area contributed by atoms with Gasteiger partial charge in [0.15, 0.2) is 6.04 Å². The summed E-state index contributed by atoms with van der Waals surface area (Å²) >= 11 is 0. The Balaban J connectivity index is 1.57. The number of aliphatic hydroxyl groups excluding tert-OH is 1. The molecule has 3 aromatic rings. The highest BCUT2D eigenvalue weighted by molar-refractivity contribution is 6.00. The van der Waals surface area contributed by atoms with E-state index in [1.165, 1.54) is 24.5 Å². The molecule has 0 fully saturated rings. The Labute approximate surface area is 214 Å². The number of amides is 2. The van der Waals surface area contributed by atoms with Gasteiger partial charge in [-0.1, -0.05) is 24.0 Å². The minimum absolute atomic E-state index is 0.0433. The molecule has 0 aliphatic heterocycles. The number of benzene rings is 3. The number of halogens is 1. The summed E-state index contributed by atoms with van der Waals surface area (Å²) in [6, 6.07) is 19.0. The molecule has 3 rings (SSSR count). The molecule has 0 heterocycles. The van der Waals surface area contributed by atoms with Crippen LogP contribution in [0.3, 0.4) is 0 Å². The second-order valence-corrected chi connectivity index (χ2v) is 8.19. The normalized spacial score (nSPS) is 12.5. The van der Waals surface area contributed by atoms with E-state index in [1.54, 1.807) is 55.5 Å². The van der Waals surface area contributed by atoms with Gasteiger partial charge < -0.3 is 15.7 Å². The highest BCUT2D eigenvalue weighted by Crippen LogP contribution is 2.12. The molecule has 0 aliphatic rings. The minimum Gasteiger partial charge on any atom is -0.391 e. The first-order valence-corrected chi connectivity index (χ1v) is 11.4. The van der Waals surface area contributed by atoms with Crippen LogP contribution in [-0.2, 0) is 9.59 Å². The van der Waals surface area contributed by atoms with Gasteiger partial charge in [0, 0.05) is 28.2 Å². The number of carbonyl (C=O) groups is 2. The van der Waals surface area contributed by atoms with Crippen LogP contribution in [-0.4, -0.2) is 46.5 Å². The minimum atomic E-state index is -1.12. The molecule has 0 spiro atoms. The van der Waals surface area contributed by atoms with Crippen LogP contribution in [0.15, 0.2) is 77.8 Å². The van der Waals surface area contributed by atoms with Crippen molar-refractivity contribution in [2.75, 3.05) is 17.2 Å². The van der Waals surface area contributed by atoms with Crippen LogP contribution in [0, 0.1) is 17.7 Å². The molecule has 0 saturated heterocycles. The summed E-state index contributed by atoms with van der Waals surface area (Å²) in [5.74, 6) is 4.76. The van der Waals surface area contributed by atoms with Crippen molar-refractivity contribution < 1.29 is 24.3 Å². The van der Waals surface area contributed by atoms with Gasteiger partial charge in [0.2, 0.25) is 5.91 Å². The molecule has 2 amide bonds. The predicted molar refractivity (Wildman–Crippen MR) is 140 cm³/mol. The summed E-state index contributed by atoms with van der Waals surface area (Å²) in [6.45, 7) is 3.17. The average molecular weight is 503 g/mol. The third-order valence-corrected chi connectivity index (χ3v) is 5.29. The van der Waals surface area contributed by atoms with Crippen LogP contribution < -0.4 is 16.1 Å². The number of hydrogen-bond acceptors (Lipinski definition) is 6. The zero-order valence-electron chi connectivity index (χ0n) is 20.3. The lowest BCUT2D eigenvalue weighted by molar-refractivity contribution is -0.132. The summed E-state index contributed by atoms with van der Waals surface area (Å²) < 4.78 is 12.9. The topological polar surface area (TPSA) is 123 Å². The first-order valence-electron chi connectivity index (χ1n) is 11.4. The molecule has 37 heavy (non-hydrogen) atoms. The second kappa shape index (κ2) is 13.0. The molecule has 2 atom stereocenters. The lowest BCUT2D eigenvalue weighted by Gasteiger charge is -2.14. The molecule has 0 unspecified atom stereocenters. The van der Waals surface area contributed by atoms with Crippen molar-refractivity contribution in [3.05, 3.63) is 95.3 Å². The lowest BCUT2D eigenvalue weighted by atomic mass is 10.1. The number of carbonyl (C=O) groups excluding carboxylic acids is 2. The molecule has 0 bridgehead atoms. The molecule has 8 nitrogen and oxygen atoms in total. The fourth-order valence-electron chi connectivity index (χ4n) is 3.27. The quantitative estimate of drug-likeness (QED) is 0.140. The van der Waals surface area contributed by atoms with Crippen molar-refractivity contribution in [2.24, 2.45) is 4.99 Å². The van der Waals surface area contributed by atoms with Crippen LogP contribution in [0.25, 0.3) is 0 Å². The highest BCUT2D eigenvalue weighted by atomic mass is 19.1. The number of aliphatic imine (C=N–C) groups is 1. The summed E-state index contributed by atoms with van der Waals surface area (Å²) in [6.07, 6.45) is -1.06. The van der Waals surface area contributed by atoms with Gasteiger partial charge in [0.05, 0.1) is 12.6 Å². The smallest absolute Gasteiger partial charge is 0.270 e. The zero-order chi connectivity index (χ0) is 26.8. The SMILES string of the molecule is CC(=N[C@H](C(=O)NO)[C@@H](C)O)c1ccc(C#Cc2ccc(NC(=O)CNc3ccc(F)cc3)cc2)cc1. The van der Waals surface area contributed by atoms with Crippen molar-refractivity contribution in [3.63, 3.8) is 0 Å². The zero-order valence-corrected chi connectivity index (χ0v) is 20.3. The maximum absolute atomic E-state index is 12.9. The Bertz CT molecular complexity index is 1310. The van der Waals surface area contributed by atoms with Gasteiger partial charge in [-0.3, -0.25) is 19.8 Å². The number of hydrogen-bond donors (Lipinski definition) is 5. The first-order chi connectivity index (χ1) is 17.7. The number of hydroxylamine groups is 1. The van der Waals surface area contributed by atoms with Crippen molar-refractivity contribution in [1.29, 1.82) is 0 Å². The van der Waals surface area contributed by atoms with Crippen LogP contribution in [0.4, 0.5) is 15.8 Å². The fraction of sp³-hybridized carbons (Fsp3) is 0.179. The standard InChI is InChI=1S/C28H27FN4O4/c1-18(31-27(19(2)34)28(36)33-37)22-9-5-20(6-10-22)3-4-21-7-13-25(14-8-21)32-26(35)17-30-24-15-11-23(29)12-16-24/h5-16,19,27,30,34,37H,17H2,1-2H3,(H,32,35)(H,33,36)/t19-,27+/m1/s1. The van der Waals surface area contributed by atoms with Gasteiger partial charge >= 0.3 is 0 Å². The Kier molecular flexibility index (Phi) is 9.49. The lowest BCUT2D eigenvalue weighted by Crippen LogP contribution is -2.38. The van der Waals surface area contributed by atoms with Gasteiger partial charge in [-0.25, -0.2) is 9.87 Å². The number of rotatable bonds is 8. The van der Waals surface area contributed by atoms with E-state index in [0.717, 1.165) is 16.7 Å². The van der Waals surface area contributed by atoms with Crippen LogP contribution in [0.2, 0.25) is 0 Å². The van der Waals surface area contributed by atoms with E-state index >= 15 is 0 Å². The van der Waals surface area contributed by atoms with Crippen LogP contribution >= 0.6 is 0 Å². The fourth-order valence-corrected chi connectivity index (χ4v) is 3.27. The molecule has 5 N–H and O–H groups in total. The maximum atomic E-state index is 12.9. The maximum Gasteiger partial charge on any atom is 0.270 e. The van der Waals surface area contributed by atoms with Crippen molar-refractivity contribution >= 4 is 28.9 Å². The van der Waals surface area contributed by atoms with Crippen LogP contribution in [0.5, 0.6) is 0 Å². The number of aliphatic hydroxyl groups is 1. The van der Waals surface area contributed by atoms with Gasteiger partial charge in [0.25, 0.3) is 5.91 Å². The monoisotopic (exact) mass is 502 g/mol. The van der Waals surface area contributed by atoms with E-state index in [1.807, 2.05) is 12.1 Å². The van der Waals surface area contributed by atoms with Crippen molar-refractivity contribution in [1.82, 2.24) is 5.48 Å². The molecule has 190 valence electrons. The molecular formula is C28H27FN4O4. The molecule has 3 aromatic carbocycles. The number of nitrogens with zero attached hydrogens (tertiary/aromatic N) is 1. The summed E-state index contributed by atoms with van der Waals surface area (Å²) in [5, 5.41) is 24.3. The van der Waals surface area contributed by atoms with Gasteiger partial charge in [0.1, 0.15) is 5.82 Å². The molecule has 0 radical (unpaired) electrons. The first kappa shape index (κ1) is 27.1. The van der Waals surface area contributed by atoms with E-state index < -0.39 is 18.1 Å². The van der Waals surface area contributed by atoms with E-state index in [2.05, 4.69) is 27.5 Å². The molecule has 0 aromatic heterocycles. The van der Waals surface area contributed by atoms with E-state index in [9.17, 15) is 19.1 Å². The average Bonchev–Trinajstić information content (AvgIpc) is 2.90.